The van der Waals surface area contributed by atoms with E-state index in [4.69, 9.17) is 5.11 Å². The highest BCUT2D eigenvalue weighted by Gasteiger charge is 2.15. The van der Waals surface area contributed by atoms with E-state index in [1.165, 1.54) is 5.56 Å². The number of nitrogens with zero attached hydrogens (tertiary/aromatic N) is 1. The first-order chi connectivity index (χ1) is 8.69. The zero-order valence-corrected chi connectivity index (χ0v) is 11.3. The monoisotopic (exact) mass is 266 g/mol. The van der Waals surface area contributed by atoms with Crippen LogP contribution in [0.4, 0.5) is 5.69 Å². The highest BCUT2D eigenvalue weighted by Crippen LogP contribution is 2.31. The Morgan fingerprint density at radius 3 is 3.06 bits per heavy atom. The first kappa shape index (κ1) is 13.4. The number of amides is 1. The van der Waals surface area contributed by atoms with Crippen LogP contribution < -0.4 is 5.32 Å². The first-order valence-corrected chi connectivity index (χ1v) is 7.02. The van der Waals surface area contributed by atoms with Crippen LogP contribution in [0.1, 0.15) is 5.56 Å². The predicted molar refractivity (Wildman–Crippen MR) is 74.1 cm³/mol. The van der Waals surface area contributed by atoms with Crippen molar-refractivity contribution in [2.24, 2.45) is 0 Å². The number of carbonyl (C=O) groups excluding carboxylic acids is 1. The summed E-state index contributed by atoms with van der Waals surface area (Å²) in [7, 11) is 1.99. The molecule has 98 valence electrons. The van der Waals surface area contributed by atoms with Crippen LogP contribution in [0, 0.1) is 0 Å². The quantitative estimate of drug-likeness (QED) is 0.841. The number of nitrogens with one attached hydrogen (secondary N) is 1. The van der Waals surface area contributed by atoms with Crippen molar-refractivity contribution >= 4 is 23.4 Å². The number of thioether (sulfide) groups is 1. The average Bonchev–Trinajstić information content (AvgIpc) is 2.36. The molecule has 1 aliphatic heterocycles. The summed E-state index contributed by atoms with van der Waals surface area (Å²) in [5.74, 6) is 0.577. The molecule has 0 saturated carbocycles. The Morgan fingerprint density at radius 2 is 2.28 bits per heavy atom. The molecule has 2 rings (SSSR count). The van der Waals surface area contributed by atoms with Gasteiger partial charge in [-0.05, 0) is 31.2 Å². The third-order valence-corrected chi connectivity index (χ3v) is 4.01. The van der Waals surface area contributed by atoms with Gasteiger partial charge in [-0.1, -0.05) is 6.07 Å². The highest BCUT2D eigenvalue weighted by molar-refractivity contribution is 8.00. The summed E-state index contributed by atoms with van der Waals surface area (Å²) in [4.78, 5) is 14.6. The van der Waals surface area contributed by atoms with Gasteiger partial charge in [-0.15, -0.1) is 11.8 Å². The zero-order valence-electron chi connectivity index (χ0n) is 10.5. The lowest BCUT2D eigenvalue weighted by Gasteiger charge is -2.18. The number of benzene rings is 1. The largest absolute Gasteiger partial charge is 0.395 e. The van der Waals surface area contributed by atoms with Gasteiger partial charge < -0.3 is 15.3 Å². The summed E-state index contributed by atoms with van der Waals surface area (Å²) in [6, 6.07) is 6.23. The van der Waals surface area contributed by atoms with Crippen molar-refractivity contribution in [1.29, 1.82) is 0 Å². The Morgan fingerprint density at radius 1 is 1.44 bits per heavy atom. The van der Waals surface area contributed by atoms with Crippen molar-refractivity contribution in [2.75, 3.05) is 37.8 Å². The normalized spacial score (nSPS) is 14.5. The van der Waals surface area contributed by atoms with E-state index in [1.807, 2.05) is 13.1 Å². The summed E-state index contributed by atoms with van der Waals surface area (Å²) in [5, 5.41) is 11.7. The molecule has 0 saturated heterocycles. The molecular weight excluding hydrogens is 248 g/mol. The molecule has 1 aliphatic rings. The van der Waals surface area contributed by atoms with Crippen molar-refractivity contribution in [3.63, 3.8) is 0 Å². The summed E-state index contributed by atoms with van der Waals surface area (Å²) >= 11 is 1.58. The van der Waals surface area contributed by atoms with Crippen molar-refractivity contribution in [1.82, 2.24) is 4.90 Å². The van der Waals surface area contributed by atoms with E-state index in [2.05, 4.69) is 22.3 Å². The topological polar surface area (TPSA) is 52.6 Å². The summed E-state index contributed by atoms with van der Waals surface area (Å²) < 4.78 is 0. The van der Waals surface area contributed by atoms with Gasteiger partial charge in [-0.25, -0.2) is 0 Å². The van der Waals surface area contributed by atoms with Gasteiger partial charge in [0.2, 0.25) is 5.91 Å². The fraction of sp³-hybridized carbons (Fsp3) is 0.462. The first-order valence-electron chi connectivity index (χ1n) is 6.04. The lowest BCUT2D eigenvalue weighted by atomic mass is 10.1. The molecule has 0 radical (unpaired) electrons. The number of aliphatic hydroxyl groups is 1. The molecular formula is C13H18N2O2S. The number of fused-ring (bicyclic) bond motifs is 1. The second-order valence-electron chi connectivity index (χ2n) is 4.44. The summed E-state index contributed by atoms with van der Waals surface area (Å²) in [6.45, 7) is 1.78. The Kier molecular flexibility index (Phi) is 4.63. The van der Waals surface area contributed by atoms with Crippen molar-refractivity contribution < 1.29 is 9.90 Å². The van der Waals surface area contributed by atoms with Crippen LogP contribution in [-0.2, 0) is 11.2 Å². The molecule has 0 aliphatic carbocycles. The number of hydrogen-bond donors (Lipinski definition) is 2. The third-order valence-electron chi connectivity index (χ3n) is 2.94. The van der Waals surface area contributed by atoms with E-state index in [0.29, 0.717) is 12.3 Å². The molecule has 1 heterocycles. The number of rotatable bonds is 5. The molecule has 18 heavy (non-hydrogen) atoms. The third kappa shape index (κ3) is 3.48. The van der Waals surface area contributed by atoms with Gasteiger partial charge in [0.05, 0.1) is 18.0 Å². The molecule has 0 unspecified atom stereocenters. The minimum Gasteiger partial charge on any atom is -0.395 e. The van der Waals surface area contributed by atoms with Crippen LogP contribution in [-0.4, -0.2) is 48.4 Å². The van der Waals surface area contributed by atoms with Gasteiger partial charge in [0.15, 0.2) is 0 Å². The van der Waals surface area contributed by atoms with E-state index >= 15 is 0 Å². The number of anilines is 1. The van der Waals surface area contributed by atoms with Gasteiger partial charge >= 0.3 is 0 Å². The lowest BCUT2D eigenvalue weighted by Crippen LogP contribution is -2.24. The van der Waals surface area contributed by atoms with Crippen LogP contribution in [0.3, 0.4) is 0 Å². The van der Waals surface area contributed by atoms with Gasteiger partial charge in [0.1, 0.15) is 0 Å². The lowest BCUT2D eigenvalue weighted by molar-refractivity contribution is -0.113. The molecule has 0 aromatic heterocycles. The smallest absolute Gasteiger partial charge is 0.234 e. The van der Waals surface area contributed by atoms with E-state index < -0.39 is 0 Å². The summed E-state index contributed by atoms with van der Waals surface area (Å²) in [6.07, 6.45) is 0.921. The maximum Gasteiger partial charge on any atom is 0.234 e. The van der Waals surface area contributed by atoms with Crippen LogP contribution in [0.5, 0.6) is 0 Å². The van der Waals surface area contributed by atoms with E-state index in [0.717, 1.165) is 23.5 Å². The fourth-order valence-electron chi connectivity index (χ4n) is 1.89. The molecule has 1 aromatic carbocycles. The SMILES string of the molecule is CN(CCO)CCc1ccc2c(c1)NC(=O)CS2. The minimum atomic E-state index is 0.0713. The van der Waals surface area contributed by atoms with E-state index in [9.17, 15) is 4.79 Å². The Labute approximate surface area is 111 Å². The van der Waals surface area contributed by atoms with Gasteiger partial charge in [0.25, 0.3) is 0 Å². The Hall–Kier alpha value is -1.04. The highest BCUT2D eigenvalue weighted by atomic mass is 32.2. The number of aliphatic hydroxyl groups excluding tert-OH is 1. The molecule has 0 fully saturated rings. The molecule has 0 atom stereocenters. The predicted octanol–water partition coefficient (Wildman–Crippen LogP) is 1.20. The fourth-order valence-corrected chi connectivity index (χ4v) is 2.68. The number of hydrogen-bond acceptors (Lipinski definition) is 4. The minimum absolute atomic E-state index is 0.0713. The Balaban J connectivity index is 1.98. The van der Waals surface area contributed by atoms with Gasteiger partial charge in [0, 0.05) is 18.0 Å². The Bertz CT molecular complexity index is 437. The van der Waals surface area contributed by atoms with Gasteiger partial charge in [-0.2, -0.15) is 0 Å². The van der Waals surface area contributed by atoms with Crippen molar-refractivity contribution in [2.45, 2.75) is 11.3 Å². The molecule has 0 spiro atoms. The molecule has 1 aromatic rings. The van der Waals surface area contributed by atoms with Crippen LogP contribution in [0.25, 0.3) is 0 Å². The molecule has 1 amide bonds. The van der Waals surface area contributed by atoms with Crippen LogP contribution in [0.2, 0.25) is 0 Å². The van der Waals surface area contributed by atoms with E-state index in [-0.39, 0.29) is 12.5 Å². The van der Waals surface area contributed by atoms with Crippen molar-refractivity contribution in [3.8, 4) is 0 Å². The second-order valence-corrected chi connectivity index (χ2v) is 5.46. The summed E-state index contributed by atoms with van der Waals surface area (Å²) in [5.41, 5.74) is 2.14. The van der Waals surface area contributed by atoms with E-state index in [1.54, 1.807) is 11.8 Å². The standard InChI is InChI=1S/C13H18N2O2S/c1-15(6-7-16)5-4-10-2-3-12-11(8-10)14-13(17)9-18-12/h2-3,8,16H,4-7,9H2,1H3,(H,14,17). The maximum absolute atomic E-state index is 11.3. The van der Waals surface area contributed by atoms with Crippen molar-refractivity contribution in [3.05, 3.63) is 23.8 Å². The molecule has 0 bridgehead atoms. The molecule has 2 N–H and O–H groups in total. The number of carbonyl (C=O) groups is 1. The van der Waals surface area contributed by atoms with Gasteiger partial charge in [-0.3, -0.25) is 4.79 Å². The number of likely N-dealkylation sites (N-methyl/N-ethyl adjacent to an activating group) is 1. The maximum atomic E-state index is 11.3. The zero-order chi connectivity index (χ0) is 13.0. The van der Waals surface area contributed by atoms with Crippen LogP contribution in [0.15, 0.2) is 23.1 Å². The average molecular weight is 266 g/mol. The molecule has 4 nitrogen and oxygen atoms in total. The van der Waals surface area contributed by atoms with Crippen LogP contribution >= 0.6 is 11.8 Å². The second kappa shape index (κ2) is 6.22. The molecule has 5 heteroatoms.